The van der Waals surface area contributed by atoms with Crippen LogP contribution in [-0.4, -0.2) is 18.0 Å². The first-order valence-electron chi connectivity index (χ1n) is 5.15. The maximum Gasteiger partial charge on any atom is 0.252 e. The van der Waals surface area contributed by atoms with E-state index in [4.69, 9.17) is 27.8 Å². The number of methoxy groups -OCH3 is 1. The molecular formula is C12H12ClN3O2. The van der Waals surface area contributed by atoms with E-state index in [0.717, 1.165) is 5.56 Å². The quantitative estimate of drug-likeness (QED) is 0.792. The fourth-order valence-electron chi connectivity index (χ4n) is 1.66. The van der Waals surface area contributed by atoms with Gasteiger partial charge in [0.1, 0.15) is 11.6 Å². The lowest BCUT2D eigenvalue weighted by molar-refractivity contribution is 0.100. The van der Waals surface area contributed by atoms with E-state index in [-0.39, 0.29) is 11.4 Å². The van der Waals surface area contributed by atoms with Crippen LogP contribution in [0.4, 0.5) is 5.82 Å². The van der Waals surface area contributed by atoms with Crippen LogP contribution in [0.2, 0.25) is 5.02 Å². The summed E-state index contributed by atoms with van der Waals surface area (Å²) in [6, 6.07) is 6.85. The third-order valence-corrected chi connectivity index (χ3v) is 2.87. The Morgan fingerprint density at radius 2 is 2.11 bits per heavy atom. The highest BCUT2D eigenvalue weighted by molar-refractivity contribution is 6.32. The van der Waals surface area contributed by atoms with Gasteiger partial charge in [-0.25, -0.2) is 0 Å². The normalized spacial score (nSPS) is 10.3. The first kappa shape index (κ1) is 12.3. The van der Waals surface area contributed by atoms with Crippen LogP contribution in [0.1, 0.15) is 10.4 Å². The van der Waals surface area contributed by atoms with Crippen molar-refractivity contribution in [3.8, 4) is 17.0 Å². The van der Waals surface area contributed by atoms with Crippen LogP contribution in [0.3, 0.4) is 0 Å². The number of benzene rings is 1. The zero-order valence-corrected chi connectivity index (χ0v) is 10.4. The molecule has 2 aromatic rings. The molecule has 1 aromatic carbocycles. The Balaban J connectivity index is 2.46. The van der Waals surface area contributed by atoms with Crippen LogP contribution in [0.15, 0.2) is 24.3 Å². The smallest absolute Gasteiger partial charge is 0.252 e. The SMILES string of the molecule is COc1ccc(-c2cc(C(N)=O)c(N)[nH]2)cc1Cl. The number of ether oxygens (including phenoxy) is 1. The fraction of sp³-hybridized carbons (Fsp3) is 0.0833. The summed E-state index contributed by atoms with van der Waals surface area (Å²) in [4.78, 5) is 14.0. The minimum absolute atomic E-state index is 0.240. The summed E-state index contributed by atoms with van der Waals surface area (Å²) in [5.41, 5.74) is 12.6. The topological polar surface area (TPSA) is 94.1 Å². The largest absolute Gasteiger partial charge is 0.495 e. The maximum atomic E-state index is 11.1. The van der Waals surface area contributed by atoms with Gasteiger partial charge in [-0.3, -0.25) is 4.79 Å². The van der Waals surface area contributed by atoms with Crippen molar-refractivity contribution in [2.24, 2.45) is 5.73 Å². The van der Waals surface area contributed by atoms with Crippen LogP contribution < -0.4 is 16.2 Å². The molecule has 6 heteroatoms. The Morgan fingerprint density at radius 1 is 1.39 bits per heavy atom. The minimum atomic E-state index is -0.574. The number of nitrogen functional groups attached to an aromatic ring is 1. The Hall–Kier alpha value is -2.14. The van der Waals surface area contributed by atoms with E-state index in [0.29, 0.717) is 16.5 Å². The third-order valence-electron chi connectivity index (χ3n) is 2.58. The Bertz CT molecular complexity index is 607. The molecule has 0 aliphatic rings. The van der Waals surface area contributed by atoms with Gasteiger partial charge in [0.05, 0.1) is 17.7 Å². The van der Waals surface area contributed by atoms with Crippen molar-refractivity contribution in [3.63, 3.8) is 0 Å². The molecule has 0 atom stereocenters. The zero-order chi connectivity index (χ0) is 13.3. The highest BCUT2D eigenvalue weighted by Gasteiger charge is 2.12. The van der Waals surface area contributed by atoms with E-state index < -0.39 is 5.91 Å². The summed E-state index contributed by atoms with van der Waals surface area (Å²) in [7, 11) is 1.54. The zero-order valence-electron chi connectivity index (χ0n) is 9.66. The van der Waals surface area contributed by atoms with E-state index >= 15 is 0 Å². The monoisotopic (exact) mass is 265 g/mol. The van der Waals surface area contributed by atoms with Gasteiger partial charge in [-0.2, -0.15) is 0 Å². The fourth-order valence-corrected chi connectivity index (χ4v) is 1.92. The third kappa shape index (κ3) is 2.12. The molecule has 0 saturated carbocycles. The lowest BCUT2D eigenvalue weighted by Crippen LogP contribution is -2.11. The molecule has 0 aliphatic carbocycles. The lowest BCUT2D eigenvalue weighted by atomic mass is 10.1. The number of nitrogens with two attached hydrogens (primary N) is 2. The molecule has 18 heavy (non-hydrogen) atoms. The number of hydrogen-bond acceptors (Lipinski definition) is 3. The molecule has 0 radical (unpaired) electrons. The highest BCUT2D eigenvalue weighted by atomic mass is 35.5. The molecule has 1 amide bonds. The molecule has 1 heterocycles. The van der Waals surface area contributed by atoms with Crippen molar-refractivity contribution in [2.75, 3.05) is 12.8 Å². The van der Waals surface area contributed by atoms with Gasteiger partial charge in [-0.05, 0) is 29.8 Å². The van der Waals surface area contributed by atoms with Gasteiger partial charge in [0.25, 0.3) is 5.91 Å². The number of anilines is 1. The number of carbonyl (C=O) groups excluding carboxylic acids is 1. The van der Waals surface area contributed by atoms with Crippen molar-refractivity contribution in [3.05, 3.63) is 34.9 Å². The van der Waals surface area contributed by atoms with Crippen LogP contribution in [0.5, 0.6) is 5.75 Å². The summed E-state index contributed by atoms with van der Waals surface area (Å²) in [6.07, 6.45) is 0. The molecule has 2 rings (SSSR count). The van der Waals surface area contributed by atoms with E-state index in [9.17, 15) is 4.79 Å². The first-order valence-corrected chi connectivity index (χ1v) is 5.53. The number of aromatic nitrogens is 1. The van der Waals surface area contributed by atoms with Crippen molar-refractivity contribution in [2.45, 2.75) is 0 Å². The van der Waals surface area contributed by atoms with Gasteiger partial charge >= 0.3 is 0 Å². The molecule has 0 saturated heterocycles. The molecule has 5 nitrogen and oxygen atoms in total. The minimum Gasteiger partial charge on any atom is -0.495 e. The number of halogens is 1. The van der Waals surface area contributed by atoms with Crippen molar-refractivity contribution in [1.82, 2.24) is 4.98 Å². The summed E-state index contributed by atoms with van der Waals surface area (Å²) >= 11 is 6.03. The second-order valence-electron chi connectivity index (χ2n) is 3.72. The Kier molecular flexibility index (Phi) is 3.16. The predicted octanol–water partition coefficient (Wildman–Crippen LogP) is 2.02. The second-order valence-corrected chi connectivity index (χ2v) is 4.13. The van der Waals surface area contributed by atoms with Crippen molar-refractivity contribution < 1.29 is 9.53 Å². The number of rotatable bonds is 3. The van der Waals surface area contributed by atoms with E-state index in [1.165, 1.54) is 0 Å². The summed E-state index contributed by atoms with van der Waals surface area (Å²) in [6.45, 7) is 0. The Morgan fingerprint density at radius 3 is 2.61 bits per heavy atom. The highest BCUT2D eigenvalue weighted by Crippen LogP contribution is 2.31. The van der Waals surface area contributed by atoms with Crippen LogP contribution in [-0.2, 0) is 0 Å². The molecule has 1 aromatic heterocycles. The molecule has 0 aliphatic heterocycles. The van der Waals surface area contributed by atoms with E-state index in [1.807, 2.05) is 0 Å². The van der Waals surface area contributed by atoms with Crippen molar-refractivity contribution in [1.29, 1.82) is 0 Å². The van der Waals surface area contributed by atoms with Gasteiger partial charge in [0, 0.05) is 5.69 Å². The standard InChI is InChI=1S/C12H12ClN3O2/c1-18-10-3-2-6(4-8(10)13)9-5-7(12(15)17)11(14)16-9/h2-5,16H,14H2,1H3,(H2,15,17). The molecule has 5 N–H and O–H groups in total. The number of hydrogen-bond donors (Lipinski definition) is 3. The average molecular weight is 266 g/mol. The number of carbonyl (C=O) groups is 1. The number of H-pyrrole nitrogens is 1. The van der Waals surface area contributed by atoms with E-state index in [1.54, 1.807) is 31.4 Å². The molecule has 0 bridgehead atoms. The number of nitrogens with one attached hydrogen (secondary N) is 1. The van der Waals surface area contributed by atoms with Gasteiger partial charge < -0.3 is 21.2 Å². The average Bonchev–Trinajstić information content (AvgIpc) is 2.71. The number of primary amides is 1. The summed E-state index contributed by atoms with van der Waals surface area (Å²) < 4.78 is 5.06. The van der Waals surface area contributed by atoms with Gasteiger partial charge in [-0.15, -0.1) is 0 Å². The van der Waals surface area contributed by atoms with E-state index in [2.05, 4.69) is 4.98 Å². The van der Waals surface area contributed by atoms with Gasteiger partial charge in [0.2, 0.25) is 0 Å². The lowest BCUT2D eigenvalue weighted by Gasteiger charge is -2.04. The predicted molar refractivity (Wildman–Crippen MR) is 70.7 cm³/mol. The first-order chi connectivity index (χ1) is 8.52. The number of amides is 1. The number of aromatic amines is 1. The van der Waals surface area contributed by atoms with Crippen LogP contribution in [0.25, 0.3) is 11.3 Å². The van der Waals surface area contributed by atoms with Gasteiger partial charge in [-0.1, -0.05) is 11.6 Å². The summed E-state index contributed by atoms with van der Waals surface area (Å²) in [5, 5.41) is 0.476. The summed E-state index contributed by atoms with van der Waals surface area (Å²) in [5.74, 6) is 0.245. The van der Waals surface area contributed by atoms with Gasteiger partial charge in [0.15, 0.2) is 0 Å². The van der Waals surface area contributed by atoms with Crippen LogP contribution in [0, 0.1) is 0 Å². The Labute approximate surface area is 109 Å². The molecule has 0 spiro atoms. The molecule has 0 fully saturated rings. The second kappa shape index (κ2) is 4.62. The van der Waals surface area contributed by atoms with Crippen LogP contribution >= 0.6 is 11.6 Å². The molecule has 94 valence electrons. The molecular weight excluding hydrogens is 254 g/mol. The van der Waals surface area contributed by atoms with Crippen molar-refractivity contribution >= 4 is 23.3 Å². The molecule has 0 unspecified atom stereocenters. The maximum absolute atomic E-state index is 11.1.